The highest BCUT2D eigenvalue weighted by Crippen LogP contribution is 2.05. The standard InChI is InChI=1S/C11H15N5O/c1-17-11-3-2-9(7-13-11)6-12-5-4-10-14-8-15-16-10/h2-3,7-8,12H,4-6H2,1H3,(H,14,15,16). The zero-order valence-corrected chi connectivity index (χ0v) is 9.68. The molecule has 2 heterocycles. The van der Waals surface area contributed by atoms with Crippen molar-refractivity contribution in [3.05, 3.63) is 36.0 Å². The van der Waals surface area contributed by atoms with Gasteiger partial charge in [0.05, 0.1) is 7.11 Å². The number of hydrogen-bond donors (Lipinski definition) is 2. The largest absolute Gasteiger partial charge is 0.481 e. The second-order valence-electron chi connectivity index (χ2n) is 3.57. The van der Waals surface area contributed by atoms with Gasteiger partial charge in [0, 0.05) is 31.8 Å². The maximum absolute atomic E-state index is 4.99. The Bertz CT molecular complexity index is 426. The summed E-state index contributed by atoms with van der Waals surface area (Å²) in [5, 5.41) is 9.92. The van der Waals surface area contributed by atoms with Gasteiger partial charge in [-0.25, -0.2) is 9.97 Å². The number of methoxy groups -OCH3 is 1. The molecule has 0 saturated carbocycles. The van der Waals surface area contributed by atoms with E-state index in [9.17, 15) is 0 Å². The molecule has 0 aromatic carbocycles. The third kappa shape index (κ3) is 3.53. The normalized spacial score (nSPS) is 10.4. The van der Waals surface area contributed by atoms with Crippen LogP contribution in [0.3, 0.4) is 0 Å². The lowest BCUT2D eigenvalue weighted by molar-refractivity contribution is 0.397. The molecular formula is C11H15N5O. The molecule has 0 spiro atoms. The number of pyridine rings is 1. The highest BCUT2D eigenvalue weighted by molar-refractivity contribution is 5.17. The van der Waals surface area contributed by atoms with Crippen molar-refractivity contribution in [2.24, 2.45) is 0 Å². The monoisotopic (exact) mass is 233 g/mol. The first-order valence-corrected chi connectivity index (χ1v) is 5.42. The molecule has 0 saturated heterocycles. The maximum Gasteiger partial charge on any atom is 0.212 e. The molecular weight excluding hydrogens is 218 g/mol. The minimum absolute atomic E-state index is 0.635. The highest BCUT2D eigenvalue weighted by Gasteiger charge is 1.97. The molecule has 6 nitrogen and oxygen atoms in total. The van der Waals surface area contributed by atoms with E-state index in [2.05, 4.69) is 25.5 Å². The molecule has 0 fully saturated rings. The topological polar surface area (TPSA) is 75.7 Å². The predicted octanol–water partition coefficient (Wildman–Crippen LogP) is 0.541. The molecule has 0 aliphatic rings. The number of nitrogens with zero attached hydrogens (tertiary/aromatic N) is 3. The number of aromatic amines is 1. The van der Waals surface area contributed by atoms with Crippen LogP contribution in [0.15, 0.2) is 24.7 Å². The zero-order chi connectivity index (χ0) is 11.9. The van der Waals surface area contributed by atoms with Crippen LogP contribution in [0.25, 0.3) is 0 Å². The Morgan fingerprint density at radius 2 is 2.29 bits per heavy atom. The number of hydrogen-bond acceptors (Lipinski definition) is 5. The van der Waals surface area contributed by atoms with Crippen LogP contribution >= 0.6 is 0 Å². The van der Waals surface area contributed by atoms with Crippen LogP contribution < -0.4 is 10.1 Å². The molecule has 2 N–H and O–H groups in total. The Balaban J connectivity index is 1.70. The molecule has 0 aliphatic carbocycles. The van der Waals surface area contributed by atoms with Gasteiger partial charge in [0.1, 0.15) is 12.2 Å². The van der Waals surface area contributed by atoms with E-state index >= 15 is 0 Å². The van der Waals surface area contributed by atoms with Crippen molar-refractivity contribution in [2.45, 2.75) is 13.0 Å². The van der Waals surface area contributed by atoms with Crippen LogP contribution in [-0.2, 0) is 13.0 Å². The van der Waals surface area contributed by atoms with Crippen LogP contribution in [0.5, 0.6) is 5.88 Å². The third-order valence-corrected chi connectivity index (χ3v) is 2.34. The Kier molecular flexibility index (Phi) is 4.04. The van der Waals surface area contributed by atoms with Gasteiger partial charge in [-0.2, -0.15) is 5.10 Å². The molecule has 2 aromatic heterocycles. The van der Waals surface area contributed by atoms with Crippen molar-refractivity contribution < 1.29 is 4.74 Å². The van der Waals surface area contributed by atoms with Crippen molar-refractivity contribution in [2.75, 3.05) is 13.7 Å². The van der Waals surface area contributed by atoms with Gasteiger partial charge in [0.15, 0.2) is 0 Å². The van der Waals surface area contributed by atoms with E-state index in [1.54, 1.807) is 13.3 Å². The maximum atomic E-state index is 4.99. The molecule has 17 heavy (non-hydrogen) atoms. The summed E-state index contributed by atoms with van der Waals surface area (Å²) in [6, 6.07) is 3.85. The number of aromatic nitrogens is 4. The molecule has 90 valence electrons. The lowest BCUT2D eigenvalue weighted by atomic mass is 10.3. The van der Waals surface area contributed by atoms with Crippen molar-refractivity contribution in [1.82, 2.24) is 25.5 Å². The quantitative estimate of drug-likeness (QED) is 0.712. The molecule has 0 radical (unpaired) electrons. The highest BCUT2D eigenvalue weighted by atomic mass is 16.5. The first-order chi connectivity index (χ1) is 8.38. The van der Waals surface area contributed by atoms with Gasteiger partial charge in [-0.15, -0.1) is 0 Å². The number of H-pyrrole nitrogens is 1. The van der Waals surface area contributed by atoms with Gasteiger partial charge in [0.25, 0.3) is 0 Å². The second kappa shape index (κ2) is 5.95. The molecule has 0 bridgehead atoms. The first-order valence-electron chi connectivity index (χ1n) is 5.42. The summed E-state index contributed by atoms with van der Waals surface area (Å²) < 4.78 is 4.99. The molecule has 2 aromatic rings. The molecule has 0 atom stereocenters. The van der Waals surface area contributed by atoms with Crippen LogP contribution in [0, 0.1) is 0 Å². The molecule has 2 rings (SSSR count). The predicted molar refractivity (Wildman–Crippen MR) is 62.6 cm³/mol. The Hall–Kier alpha value is -1.95. The van der Waals surface area contributed by atoms with E-state index in [0.29, 0.717) is 5.88 Å². The fraction of sp³-hybridized carbons (Fsp3) is 0.364. The lowest BCUT2D eigenvalue weighted by Gasteiger charge is -2.04. The molecule has 6 heteroatoms. The molecule has 0 aliphatic heterocycles. The fourth-order valence-electron chi connectivity index (χ4n) is 1.43. The summed E-state index contributed by atoms with van der Waals surface area (Å²) in [7, 11) is 1.61. The summed E-state index contributed by atoms with van der Waals surface area (Å²) in [5.41, 5.74) is 1.13. The Morgan fingerprint density at radius 1 is 1.35 bits per heavy atom. The van der Waals surface area contributed by atoms with Crippen molar-refractivity contribution in [3.8, 4) is 5.88 Å². The van der Waals surface area contributed by atoms with Crippen LogP contribution in [0.2, 0.25) is 0 Å². The van der Waals surface area contributed by atoms with Crippen LogP contribution in [-0.4, -0.2) is 33.8 Å². The van der Waals surface area contributed by atoms with E-state index < -0.39 is 0 Å². The lowest BCUT2D eigenvalue weighted by Crippen LogP contribution is -2.17. The average molecular weight is 233 g/mol. The average Bonchev–Trinajstić information content (AvgIpc) is 2.88. The van der Waals surface area contributed by atoms with E-state index in [-0.39, 0.29) is 0 Å². The minimum atomic E-state index is 0.635. The summed E-state index contributed by atoms with van der Waals surface area (Å²) >= 11 is 0. The smallest absolute Gasteiger partial charge is 0.212 e. The van der Waals surface area contributed by atoms with Crippen LogP contribution in [0.4, 0.5) is 0 Å². The van der Waals surface area contributed by atoms with Gasteiger partial charge < -0.3 is 10.1 Å². The van der Waals surface area contributed by atoms with E-state index in [0.717, 1.165) is 30.9 Å². The summed E-state index contributed by atoms with van der Waals surface area (Å²) in [6.45, 7) is 1.63. The van der Waals surface area contributed by atoms with Crippen LogP contribution in [0.1, 0.15) is 11.4 Å². The third-order valence-electron chi connectivity index (χ3n) is 2.34. The van der Waals surface area contributed by atoms with Gasteiger partial charge >= 0.3 is 0 Å². The fourth-order valence-corrected chi connectivity index (χ4v) is 1.43. The van der Waals surface area contributed by atoms with Gasteiger partial charge in [-0.1, -0.05) is 6.07 Å². The van der Waals surface area contributed by atoms with E-state index in [4.69, 9.17) is 4.74 Å². The number of rotatable bonds is 6. The molecule has 0 unspecified atom stereocenters. The number of nitrogens with one attached hydrogen (secondary N) is 2. The number of ether oxygens (including phenoxy) is 1. The van der Waals surface area contributed by atoms with E-state index in [1.165, 1.54) is 6.33 Å². The second-order valence-corrected chi connectivity index (χ2v) is 3.57. The molecule has 0 amide bonds. The Morgan fingerprint density at radius 3 is 2.94 bits per heavy atom. The zero-order valence-electron chi connectivity index (χ0n) is 9.68. The van der Waals surface area contributed by atoms with Crippen molar-refractivity contribution >= 4 is 0 Å². The first kappa shape index (κ1) is 11.5. The SMILES string of the molecule is COc1ccc(CNCCc2ncn[nH]2)cn1. The van der Waals surface area contributed by atoms with Crippen molar-refractivity contribution in [3.63, 3.8) is 0 Å². The van der Waals surface area contributed by atoms with Crippen molar-refractivity contribution in [1.29, 1.82) is 0 Å². The summed E-state index contributed by atoms with van der Waals surface area (Å²) in [5.74, 6) is 1.53. The summed E-state index contributed by atoms with van der Waals surface area (Å²) in [6.07, 6.45) is 4.16. The van der Waals surface area contributed by atoms with Gasteiger partial charge in [-0.3, -0.25) is 5.10 Å². The van der Waals surface area contributed by atoms with E-state index in [1.807, 2.05) is 12.1 Å². The van der Waals surface area contributed by atoms with Gasteiger partial charge in [-0.05, 0) is 5.56 Å². The minimum Gasteiger partial charge on any atom is -0.481 e. The Labute approximate surface area is 99.4 Å². The summed E-state index contributed by atoms with van der Waals surface area (Å²) in [4.78, 5) is 8.18. The van der Waals surface area contributed by atoms with Gasteiger partial charge in [0.2, 0.25) is 5.88 Å².